The van der Waals surface area contributed by atoms with E-state index in [9.17, 15) is 0 Å². The molecule has 0 aliphatic rings. The maximum absolute atomic E-state index is 8.49. The normalized spacial score (nSPS) is 9.65. The van der Waals surface area contributed by atoms with E-state index in [4.69, 9.17) is 39.2 Å². The predicted octanol–water partition coefficient (Wildman–Crippen LogP) is 5.65. The van der Waals surface area contributed by atoms with Crippen LogP contribution in [0.15, 0.2) is 212 Å². The van der Waals surface area contributed by atoms with Crippen LogP contribution in [0.5, 0.6) is 0 Å². The maximum atomic E-state index is 8.49. The van der Waals surface area contributed by atoms with Crippen LogP contribution in [-0.2, 0) is 53.4 Å². The molecule has 0 atom stereocenters. The molecule has 0 aliphatic heterocycles. The van der Waals surface area contributed by atoms with Gasteiger partial charge in [-0.05, 0) is 23.8 Å². The van der Waals surface area contributed by atoms with Crippen LogP contribution >= 0.6 is 23.8 Å². The summed E-state index contributed by atoms with van der Waals surface area (Å²) in [5.74, 6) is 2.61. The second-order valence-electron chi connectivity index (χ2n) is 13.2. The van der Waals surface area contributed by atoms with E-state index in [1.165, 1.54) is 37.1 Å². The monoisotopic (exact) mass is 1160 g/mol. The number of halogens is 1. The van der Waals surface area contributed by atoms with Gasteiger partial charge in [-0.1, -0.05) is 234 Å². The van der Waals surface area contributed by atoms with Crippen molar-refractivity contribution < 1.29 is 82.3 Å². The minimum Gasteiger partial charge on any atom is -0.259 e. The molecule has 0 saturated heterocycles. The van der Waals surface area contributed by atoms with Crippen molar-refractivity contribution >= 4 is 60.9 Å². The largest absolute Gasteiger partial charge is 0.259 e. The maximum Gasteiger partial charge on any atom is 0 e. The Labute approximate surface area is 416 Å². The fourth-order valence-corrected chi connectivity index (χ4v) is 13.1. The van der Waals surface area contributed by atoms with Gasteiger partial charge in [-0.3, -0.25) is 5.90 Å². The van der Waals surface area contributed by atoms with E-state index in [1.54, 1.807) is 0 Å². The summed E-state index contributed by atoms with van der Waals surface area (Å²) in [6.07, 6.45) is 0. The van der Waals surface area contributed by atoms with Gasteiger partial charge in [-0.15, -0.1) is 10.2 Å². The first-order valence-corrected chi connectivity index (χ1v) is 24.0. The molecule has 7 aromatic rings. The van der Waals surface area contributed by atoms with E-state index in [2.05, 4.69) is 243 Å². The molecule has 1 radical (unpaired) electrons. The summed E-state index contributed by atoms with van der Waals surface area (Å²) in [4.78, 5) is 3.27. The van der Waals surface area contributed by atoms with Crippen molar-refractivity contribution in [1.29, 1.82) is 0 Å². The van der Waals surface area contributed by atoms with Crippen LogP contribution in [0.4, 0.5) is 0 Å². The number of rotatable bonds is 9. The van der Waals surface area contributed by atoms with Gasteiger partial charge in [0.2, 0.25) is 5.54 Å². The quantitative estimate of drug-likeness (QED) is 0.0794. The predicted molar refractivity (Wildman–Crippen MR) is 246 cm³/mol. The van der Waals surface area contributed by atoms with Gasteiger partial charge in [0.1, 0.15) is 0 Å². The topological polar surface area (TPSA) is 156 Å². The average Bonchev–Trinajstić information content (AvgIpc) is 3.33. The van der Waals surface area contributed by atoms with Crippen LogP contribution in [-0.4, -0.2) is 5.54 Å². The van der Waals surface area contributed by atoms with Crippen molar-refractivity contribution in [2.24, 2.45) is 0 Å². The molecule has 7 rings (SSSR count). The van der Waals surface area contributed by atoms with E-state index in [0.29, 0.717) is 0 Å². The molecular formula is C51H45AuClMnNO7P3-. The molecule has 0 amide bonds. The van der Waals surface area contributed by atoms with Gasteiger partial charge in [0.05, 0.1) is 0 Å². The SMILES string of the molecule is [Au+].[C-]#[N+]C(C)(C)C.[C-]#[O+].[C-]#[O+].[C-]#[O+].[Mn].[O-][Cl+3]([O-])([O-])[O-].c1ccc(P([CH-]P(c2ccccc2)c2ccccc2)c2ccccc2)cc1.c1ccc(P(c2ccccc2)c2ccccc2)cc1. The Morgan fingerprint density at radius 2 is 0.538 bits per heavy atom. The second-order valence-corrected chi connectivity index (χ2v) is 20.6. The number of hydrogen-bond acceptors (Lipinski definition) is 4. The van der Waals surface area contributed by atoms with E-state index in [-0.39, 0.29) is 45.0 Å². The Bertz CT molecular complexity index is 2050. The molecule has 14 heteroatoms. The molecule has 0 heterocycles. The summed E-state index contributed by atoms with van der Waals surface area (Å²) >= 11 is 0. The third-order valence-electron chi connectivity index (χ3n) is 7.75. The number of benzene rings is 7. The molecule has 337 valence electrons. The van der Waals surface area contributed by atoms with Crippen molar-refractivity contribution in [3.8, 4) is 0 Å². The van der Waals surface area contributed by atoms with Crippen molar-refractivity contribution in [2.45, 2.75) is 26.3 Å². The van der Waals surface area contributed by atoms with Gasteiger partial charge in [-0.25, -0.2) is 25.2 Å². The van der Waals surface area contributed by atoms with Crippen LogP contribution < -0.4 is 55.8 Å². The molecule has 0 bridgehead atoms. The van der Waals surface area contributed by atoms with Crippen LogP contribution in [0, 0.1) is 42.7 Å². The third kappa shape index (κ3) is 26.6. The van der Waals surface area contributed by atoms with E-state index in [0.717, 1.165) is 0 Å². The first kappa shape index (κ1) is 63.0. The molecule has 0 unspecified atom stereocenters. The zero-order valence-corrected chi connectivity index (χ0v) is 42.3. The van der Waals surface area contributed by atoms with Gasteiger partial charge in [-0.2, -0.15) is 15.8 Å². The Hall–Kier alpha value is -4.07. The molecule has 8 nitrogen and oxygen atoms in total. The molecule has 0 fully saturated rings. The molecule has 0 aromatic heterocycles. The van der Waals surface area contributed by atoms with Crippen molar-refractivity contribution in [3.05, 3.63) is 250 Å². The molecule has 65 heavy (non-hydrogen) atoms. The van der Waals surface area contributed by atoms with Gasteiger partial charge in [0.25, 0.3) is 0 Å². The molecule has 0 N–H and O–H groups in total. The Balaban J connectivity index is 0. The molecule has 0 saturated carbocycles. The fourth-order valence-electron chi connectivity index (χ4n) is 5.21. The van der Waals surface area contributed by atoms with Gasteiger partial charge >= 0.3 is 56.3 Å². The smallest absolute Gasteiger partial charge is 0 e. The summed E-state index contributed by atoms with van der Waals surface area (Å²) in [6, 6.07) is 76.0. The van der Waals surface area contributed by atoms with Crippen molar-refractivity contribution in [1.82, 2.24) is 0 Å². The minimum atomic E-state index is -4.94. The summed E-state index contributed by atoms with van der Waals surface area (Å²) in [5.41, 5.74) is -0.167. The molecule has 7 aromatic carbocycles. The minimum absolute atomic E-state index is 0. The second kappa shape index (κ2) is 37.1. The van der Waals surface area contributed by atoms with Crippen molar-refractivity contribution in [2.75, 3.05) is 0 Å². The fraction of sp³-hybridized carbons (Fsp3) is 0.0784. The Kier molecular flexibility index (Phi) is 35.9. The molecular weight excluding hydrogens is 1120 g/mol. The van der Waals surface area contributed by atoms with E-state index >= 15 is 0 Å². The summed E-state index contributed by atoms with van der Waals surface area (Å²) in [5, 5.41) is 9.80. The third-order valence-corrected chi connectivity index (χ3v) is 15.5. The van der Waals surface area contributed by atoms with E-state index < -0.39 is 34.0 Å². The molecule has 0 spiro atoms. The summed E-state index contributed by atoms with van der Waals surface area (Å²) in [7, 11) is -6.46. The first-order valence-electron chi connectivity index (χ1n) is 18.6. The van der Waals surface area contributed by atoms with Crippen LogP contribution in [0.2, 0.25) is 0 Å². The first-order chi connectivity index (χ1) is 30.4. The van der Waals surface area contributed by atoms with E-state index in [1.807, 2.05) is 20.8 Å². The average molecular weight is 1160 g/mol. The summed E-state index contributed by atoms with van der Waals surface area (Å²) in [6.45, 7) is 25.6. The zero-order chi connectivity index (χ0) is 46.9. The Morgan fingerprint density at radius 3 is 0.677 bits per heavy atom. The van der Waals surface area contributed by atoms with Gasteiger partial charge in [0, 0.05) is 37.8 Å². The van der Waals surface area contributed by atoms with Gasteiger partial charge in [0.15, 0.2) is 0 Å². The standard InChI is InChI=1S/C25H21P2.C18H15P.C5H9N.3CO.Au.ClHO4.Mn/c1-5-13-22(14-6-1)26(23-15-7-2-8-16-23)21-27(24-17-9-3-10-18-24)25-19-11-4-12-20-25;1-4-10-16(11-5-1)19(17-12-6-2-7-13-17)18-14-8-3-9-15-18;1-5(2,3)6-4;3*1-2;;2-1(3,4)5;/h1-21H;1-15H;1-3H3;;;;;(H,2,3,4,5);/q-1;;;;;;+1;;/p-1. The van der Waals surface area contributed by atoms with Gasteiger partial charge < -0.3 is 4.85 Å². The molecule has 0 aliphatic carbocycles. The van der Waals surface area contributed by atoms with Crippen LogP contribution in [0.3, 0.4) is 0 Å². The van der Waals surface area contributed by atoms with Crippen LogP contribution in [0.1, 0.15) is 20.8 Å². The Morgan fingerprint density at radius 1 is 0.400 bits per heavy atom. The van der Waals surface area contributed by atoms with Crippen LogP contribution in [0.25, 0.3) is 4.85 Å². The van der Waals surface area contributed by atoms with Crippen molar-refractivity contribution in [3.63, 3.8) is 0 Å². The number of nitrogens with zero attached hydrogens (tertiary/aromatic N) is 1. The number of hydrogen-bond donors (Lipinski definition) is 0. The zero-order valence-electron chi connectivity index (χ0n) is 35.5. The summed E-state index contributed by atoms with van der Waals surface area (Å²) < 4.78 is 56.5.